The van der Waals surface area contributed by atoms with E-state index in [-0.39, 0.29) is 126 Å². The van der Waals surface area contributed by atoms with Crippen LogP contribution in [0, 0.1) is 11.3 Å². The predicted molar refractivity (Wildman–Crippen MR) is 412 cm³/mol. The number of ether oxygens (including phenoxy) is 6. The van der Waals surface area contributed by atoms with E-state index < -0.39 is 115 Å². The van der Waals surface area contributed by atoms with Gasteiger partial charge < -0.3 is 68.0 Å². The number of nitrogens with zero attached hydrogens (tertiary/aromatic N) is 6. The zero-order chi connectivity index (χ0) is 80.3. The van der Waals surface area contributed by atoms with Gasteiger partial charge in [0.15, 0.2) is 11.6 Å². The average molecular weight is 1500 g/mol. The second-order valence-corrected chi connectivity index (χ2v) is 28.8. The largest absolute Gasteiger partial charge is 0.507 e. The number of amides is 3. The Morgan fingerprint density at radius 1 is 0.380 bits per heavy atom. The van der Waals surface area contributed by atoms with E-state index in [1.165, 1.54) is 70.2 Å². The number of carbonyl (C=O) groups excluding carboxylic acids is 11. The number of hydrogen-bond donors (Lipinski definition) is 2. The number of rotatable bonds is 42. The minimum absolute atomic E-state index is 0.000334. The standard InChI is InChI=1S/C83H112N6O19/c1-18-72(92)87(47-54(7)103-75(95)41-39-73(93)88(49-56(9)105-77(97)43-53(6)46-83(13,14)15)51-58(11)107-81(101)66-29-25-23-27-64(66)78(98)68-37-35-62(44-70(68)90)85(19-2)20-3)48-55(8)104-76(96)42-40-74(94)89(50-57(10)106-80(100)60-31-33-61(34-32-60)84(16)17)52-59(12)108-82(102)67-30-26-24-28-65(67)79(99)69-38-36-63(45-71(69)91)86(21-4)22-5/h23-38,44-45,53-59,90-91H,18-22,39-43,46-52H2,1-17H3. The van der Waals surface area contributed by atoms with E-state index in [0.717, 1.165) is 12.1 Å². The summed E-state index contributed by atoms with van der Waals surface area (Å²) in [6.45, 7) is 28.6. The lowest BCUT2D eigenvalue weighted by Gasteiger charge is -2.29. The van der Waals surface area contributed by atoms with Crippen molar-refractivity contribution < 1.29 is 91.4 Å². The molecule has 0 fully saturated rings. The normalized spacial score (nSPS) is 13.2. The summed E-state index contributed by atoms with van der Waals surface area (Å²) in [5.41, 5.74) is 2.20. The lowest BCUT2D eigenvalue weighted by molar-refractivity contribution is -0.155. The molecule has 7 unspecified atom stereocenters. The molecule has 0 spiro atoms. The molecule has 588 valence electrons. The molecule has 0 aromatic heterocycles. The molecule has 0 radical (unpaired) electrons. The predicted octanol–water partition coefficient (Wildman–Crippen LogP) is 12.1. The van der Waals surface area contributed by atoms with Gasteiger partial charge in [-0.2, -0.15) is 0 Å². The maximum atomic E-state index is 14.2. The molecule has 0 aliphatic rings. The van der Waals surface area contributed by atoms with Crippen molar-refractivity contribution in [3.63, 3.8) is 0 Å². The Hall–Kier alpha value is -10.3. The second kappa shape index (κ2) is 42.3. The van der Waals surface area contributed by atoms with Gasteiger partial charge in [-0.25, -0.2) is 14.4 Å². The second-order valence-electron chi connectivity index (χ2n) is 28.8. The molecule has 5 aromatic carbocycles. The molecule has 0 aliphatic carbocycles. The molecular formula is C83H112N6O19. The number of ketones is 2. The molecule has 7 atom stereocenters. The van der Waals surface area contributed by atoms with Crippen molar-refractivity contribution in [2.75, 3.05) is 94.2 Å². The summed E-state index contributed by atoms with van der Waals surface area (Å²) in [5, 5.41) is 22.0. The lowest BCUT2D eigenvalue weighted by atomic mass is 9.84. The van der Waals surface area contributed by atoms with Gasteiger partial charge in [0.05, 0.1) is 79.9 Å². The van der Waals surface area contributed by atoms with Crippen LogP contribution < -0.4 is 14.7 Å². The van der Waals surface area contributed by atoms with Crippen LogP contribution in [0.25, 0.3) is 0 Å². The topological polar surface area (TPSA) is 303 Å². The minimum atomic E-state index is -1.03. The average Bonchev–Trinajstić information content (AvgIpc) is 0.806. The van der Waals surface area contributed by atoms with Gasteiger partial charge >= 0.3 is 35.8 Å². The van der Waals surface area contributed by atoms with Crippen molar-refractivity contribution in [1.82, 2.24) is 14.7 Å². The summed E-state index contributed by atoms with van der Waals surface area (Å²) in [6, 6.07) is 28.1. The van der Waals surface area contributed by atoms with Gasteiger partial charge in [-0.15, -0.1) is 0 Å². The molecule has 0 aliphatic heterocycles. The van der Waals surface area contributed by atoms with Crippen molar-refractivity contribution in [3.8, 4) is 11.5 Å². The van der Waals surface area contributed by atoms with Crippen LogP contribution in [0.5, 0.6) is 11.5 Å². The van der Waals surface area contributed by atoms with E-state index in [4.69, 9.17) is 28.4 Å². The fraction of sp³-hybridized carbons (Fsp3) is 0.506. The summed E-state index contributed by atoms with van der Waals surface area (Å²) in [4.78, 5) is 161. The fourth-order valence-electron chi connectivity index (χ4n) is 12.8. The molecule has 0 saturated carbocycles. The molecular weight excluding hydrogens is 1380 g/mol. The molecule has 3 amide bonds. The number of benzene rings is 5. The Morgan fingerprint density at radius 3 is 1.04 bits per heavy atom. The Bertz CT molecular complexity index is 3900. The number of esters is 6. The van der Waals surface area contributed by atoms with Crippen LogP contribution in [0.1, 0.15) is 212 Å². The van der Waals surface area contributed by atoms with Crippen LogP contribution in [0.4, 0.5) is 17.1 Å². The van der Waals surface area contributed by atoms with Gasteiger partial charge in [-0.1, -0.05) is 71.0 Å². The van der Waals surface area contributed by atoms with Crippen molar-refractivity contribution in [2.24, 2.45) is 11.3 Å². The highest BCUT2D eigenvalue weighted by Crippen LogP contribution is 2.31. The molecule has 25 heteroatoms. The third kappa shape index (κ3) is 27.5. The first-order chi connectivity index (χ1) is 51.0. The van der Waals surface area contributed by atoms with Gasteiger partial charge in [0.1, 0.15) is 48.1 Å². The summed E-state index contributed by atoms with van der Waals surface area (Å²) in [6.07, 6.45) is -6.42. The van der Waals surface area contributed by atoms with Gasteiger partial charge in [-0.3, -0.25) is 38.4 Å². The zero-order valence-electron chi connectivity index (χ0n) is 66.0. The number of aromatic hydroxyl groups is 2. The first-order valence-corrected chi connectivity index (χ1v) is 37.2. The number of hydrogen-bond acceptors (Lipinski definition) is 22. The molecule has 5 aromatic rings. The number of phenols is 2. The summed E-state index contributed by atoms with van der Waals surface area (Å²) in [5.74, 6) is -7.81. The maximum Gasteiger partial charge on any atom is 0.339 e. The van der Waals surface area contributed by atoms with Gasteiger partial charge in [0.25, 0.3) is 0 Å². The molecule has 25 nitrogen and oxygen atoms in total. The SMILES string of the molecule is CCC(=O)N(CC(C)OC(=O)CCC(=O)N(CC(C)OC(=O)CC(C)CC(C)(C)C)CC(C)OC(=O)c1ccccc1C(=O)c1ccc(N(CC)CC)cc1O)CC(C)OC(=O)CCC(=O)N(CC(C)OC(=O)c1ccc(N(C)C)cc1)CC(C)OC(=O)c1ccccc1C(=O)c1ccc(N(CC)CC)cc1O. The molecule has 5 rings (SSSR count). The highest BCUT2D eigenvalue weighted by Gasteiger charge is 2.32. The fourth-order valence-corrected chi connectivity index (χ4v) is 12.8. The smallest absolute Gasteiger partial charge is 0.339 e. The molecule has 2 N–H and O–H groups in total. The van der Waals surface area contributed by atoms with Gasteiger partial charge in [-0.05, 0) is 148 Å². The van der Waals surface area contributed by atoms with Crippen LogP contribution in [-0.2, 0) is 57.2 Å². The van der Waals surface area contributed by atoms with Crippen molar-refractivity contribution in [3.05, 3.63) is 148 Å². The Balaban J connectivity index is 1.23. The minimum Gasteiger partial charge on any atom is -0.507 e. The lowest BCUT2D eigenvalue weighted by Crippen LogP contribution is -2.44. The van der Waals surface area contributed by atoms with Crippen LogP contribution in [-0.4, -0.2) is 206 Å². The van der Waals surface area contributed by atoms with E-state index in [0.29, 0.717) is 37.6 Å². The number of carbonyl (C=O) groups is 11. The quantitative estimate of drug-likeness (QED) is 0.0208. The van der Waals surface area contributed by atoms with E-state index in [1.807, 2.05) is 63.4 Å². The first-order valence-electron chi connectivity index (χ1n) is 37.2. The van der Waals surface area contributed by atoms with Crippen LogP contribution in [0.15, 0.2) is 109 Å². The maximum absolute atomic E-state index is 14.2. The van der Waals surface area contributed by atoms with Crippen LogP contribution in [0.3, 0.4) is 0 Å². The highest BCUT2D eigenvalue weighted by molar-refractivity contribution is 6.17. The molecule has 0 saturated heterocycles. The summed E-state index contributed by atoms with van der Waals surface area (Å²) in [7, 11) is 3.71. The van der Waals surface area contributed by atoms with Crippen LogP contribution in [0.2, 0.25) is 0 Å². The van der Waals surface area contributed by atoms with Crippen molar-refractivity contribution in [1.29, 1.82) is 0 Å². The third-order valence-electron chi connectivity index (χ3n) is 17.8. The molecule has 0 bridgehead atoms. The van der Waals surface area contributed by atoms with E-state index in [9.17, 15) is 63.0 Å². The Kier molecular flexibility index (Phi) is 34.6. The van der Waals surface area contributed by atoms with Gasteiger partial charge in [0, 0.05) is 106 Å². The summed E-state index contributed by atoms with van der Waals surface area (Å²) >= 11 is 0. The Morgan fingerprint density at radius 2 is 0.704 bits per heavy atom. The van der Waals surface area contributed by atoms with Crippen molar-refractivity contribution in [2.45, 2.75) is 185 Å². The molecule has 0 heterocycles. The molecule has 108 heavy (non-hydrogen) atoms. The number of anilines is 3. The highest BCUT2D eigenvalue weighted by atomic mass is 16.6. The van der Waals surface area contributed by atoms with E-state index in [1.54, 1.807) is 102 Å². The van der Waals surface area contributed by atoms with E-state index in [2.05, 4.69) is 20.8 Å². The van der Waals surface area contributed by atoms with E-state index >= 15 is 0 Å². The Labute approximate surface area is 636 Å². The van der Waals surface area contributed by atoms with Gasteiger partial charge in [0.2, 0.25) is 17.7 Å². The van der Waals surface area contributed by atoms with Crippen LogP contribution >= 0.6 is 0 Å². The summed E-state index contributed by atoms with van der Waals surface area (Å²) < 4.78 is 34.8. The zero-order valence-corrected chi connectivity index (χ0v) is 66.0. The number of phenolic OH excluding ortho intramolecular Hbond substituents is 2. The third-order valence-corrected chi connectivity index (χ3v) is 17.8. The van der Waals surface area contributed by atoms with Crippen molar-refractivity contribution >= 4 is 82.2 Å². The monoisotopic (exact) mass is 1500 g/mol. The first kappa shape index (κ1) is 88.3.